The highest BCUT2D eigenvalue weighted by Gasteiger charge is 2.17. The van der Waals surface area contributed by atoms with Crippen LogP contribution in [0.2, 0.25) is 15.1 Å². The van der Waals surface area contributed by atoms with Crippen LogP contribution >= 0.6 is 34.8 Å². The van der Waals surface area contributed by atoms with Crippen molar-refractivity contribution in [3.8, 4) is 0 Å². The molecule has 0 spiro atoms. The first-order chi connectivity index (χ1) is 8.49. The van der Waals surface area contributed by atoms with Crippen LogP contribution in [0.1, 0.15) is 16.1 Å². The summed E-state index contributed by atoms with van der Waals surface area (Å²) in [5.41, 5.74) is 1.09. The number of carbonyl (C=O) groups excluding carboxylic acids is 1. The second-order valence-electron chi connectivity index (χ2n) is 3.80. The molecule has 0 bridgehead atoms. The van der Waals surface area contributed by atoms with Crippen molar-refractivity contribution in [3.05, 3.63) is 50.7 Å². The van der Waals surface area contributed by atoms with Crippen LogP contribution in [0.4, 0.5) is 0 Å². The summed E-state index contributed by atoms with van der Waals surface area (Å²) < 4.78 is 1.45. The number of halogens is 3. The minimum absolute atomic E-state index is 0.135. The second-order valence-corrected chi connectivity index (χ2v) is 5.05. The Balaban J connectivity index is 2.27. The maximum atomic E-state index is 12.1. The number of benzene rings is 1. The predicted molar refractivity (Wildman–Crippen MR) is 72.7 cm³/mol. The summed E-state index contributed by atoms with van der Waals surface area (Å²) in [5.74, 6) is -0.135. The normalized spacial score (nSPS) is 10.7. The van der Waals surface area contributed by atoms with Crippen LogP contribution in [0.15, 0.2) is 24.4 Å². The summed E-state index contributed by atoms with van der Waals surface area (Å²) in [4.78, 5) is 12.1. The van der Waals surface area contributed by atoms with Gasteiger partial charge in [0, 0.05) is 23.5 Å². The van der Waals surface area contributed by atoms with E-state index in [1.165, 1.54) is 10.9 Å². The number of nitrogens with zero attached hydrogens (tertiary/aromatic N) is 2. The number of Topliss-reactive ketones (excluding diaryl/α,β-unsaturated/α-hetero) is 1. The maximum Gasteiger partial charge on any atom is 0.186 e. The number of hydrogen-bond acceptors (Lipinski definition) is 2. The van der Waals surface area contributed by atoms with Crippen LogP contribution in [0, 0.1) is 0 Å². The zero-order chi connectivity index (χ0) is 13.3. The molecule has 0 fully saturated rings. The average Bonchev–Trinajstić information content (AvgIpc) is 2.62. The van der Waals surface area contributed by atoms with E-state index >= 15 is 0 Å². The van der Waals surface area contributed by atoms with Gasteiger partial charge in [0.2, 0.25) is 0 Å². The molecule has 1 heterocycles. The van der Waals surface area contributed by atoms with Crippen molar-refractivity contribution in [2.75, 3.05) is 0 Å². The van der Waals surface area contributed by atoms with Crippen molar-refractivity contribution < 1.29 is 4.79 Å². The molecule has 0 N–H and O–H groups in total. The third-order valence-electron chi connectivity index (χ3n) is 2.52. The van der Waals surface area contributed by atoms with Crippen molar-refractivity contribution in [1.29, 1.82) is 0 Å². The van der Waals surface area contributed by atoms with Gasteiger partial charge < -0.3 is 0 Å². The van der Waals surface area contributed by atoms with Gasteiger partial charge in [0.15, 0.2) is 5.78 Å². The van der Waals surface area contributed by atoms with Crippen LogP contribution in [0.5, 0.6) is 0 Å². The van der Waals surface area contributed by atoms with Gasteiger partial charge in [0.1, 0.15) is 5.69 Å². The summed E-state index contributed by atoms with van der Waals surface area (Å²) >= 11 is 17.7. The molecule has 6 heteroatoms. The molecular weight excluding hydrogens is 295 g/mol. The maximum absolute atomic E-state index is 12.1. The van der Waals surface area contributed by atoms with E-state index in [1.54, 1.807) is 25.2 Å². The minimum Gasteiger partial charge on any atom is -0.292 e. The SMILES string of the molecule is Cn1ncc(Cl)c1C(=O)Cc1ccc(Cl)cc1Cl. The van der Waals surface area contributed by atoms with Crippen LogP contribution in [-0.2, 0) is 13.5 Å². The molecule has 0 saturated heterocycles. The fraction of sp³-hybridized carbons (Fsp3) is 0.167. The van der Waals surface area contributed by atoms with Crippen molar-refractivity contribution in [3.63, 3.8) is 0 Å². The van der Waals surface area contributed by atoms with Gasteiger partial charge in [-0.25, -0.2) is 0 Å². The lowest BCUT2D eigenvalue weighted by molar-refractivity contribution is 0.0984. The molecule has 3 nitrogen and oxygen atoms in total. The Kier molecular flexibility index (Phi) is 3.95. The molecule has 0 aliphatic carbocycles. The van der Waals surface area contributed by atoms with E-state index in [0.29, 0.717) is 26.3 Å². The zero-order valence-corrected chi connectivity index (χ0v) is 11.7. The summed E-state index contributed by atoms with van der Waals surface area (Å²) in [6.07, 6.45) is 1.60. The van der Waals surface area contributed by atoms with Crippen molar-refractivity contribution in [2.45, 2.75) is 6.42 Å². The van der Waals surface area contributed by atoms with Crippen molar-refractivity contribution in [1.82, 2.24) is 9.78 Å². The average molecular weight is 304 g/mol. The molecule has 1 aromatic carbocycles. The van der Waals surface area contributed by atoms with Crippen LogP contribution < -0.4 is 0 Å². The van der Waals surface area contributed by atoms with E-state index in [4.69, 9.17) is 34.8 Å². The standard InChI is InChI=1S/C12H9Cl3N2O/c1-17-12(10(15)6-16-17)11(18)4-7-2-3-8(13)5-9(7)14/h2-3,5-6H,4H2,1H3. The van der Waals surface area contributed by atoms with Gasteiger partial charge in [0.05, 0.1) is 11.2 Å². The molecule has 2 rings (SSSR count). The third kappa shape index (κ3) is 2.69. The first kappa shape index (κ1) is 13.4. The van der Waals surface area contributed by atoms with Gasteiger partial charge in [-0.1, -0.05) is 40.9 Å². The van der Waals surface area contributed by atoms with Crippen molar-refractivity contribution >= 4 is 40.6 Å². The first-order valence-corrected chi connectivity index (χ1v) is 6.27. The van der Waals surface area contributed by atoms with Crippen LogP contribution in [-0.4, -0.2) is 15.6 Å². The van der Waals surface area contributed by atoms with E-state index in [2.05, 4.69) is 5.10 Å². The number of aryl methyl sites for hydroxylation is 1. The third-order valence-corrected chi connectivity index (χ3v) is 3.39. The highest BCUT2D eigenvalue weighted by atomic mass is 35.5. The summed E-state index contributed by atoms with van der Waals surface area (Å²) in [5, 5.41) is 5.27. The van der Waals surface area contributed by atoms with Crippen LogP contribution in [0.3, 0.4) is 0 Å². The Labute approximate surface area is 119 Å². The summed E-state index contributed by atoms with van der Waals surface area (Å²) in [7, 11) is 1.67. The number of rotatable bonds is 3. The largest absolute Gasteiger partial charge is 0.292 e. The topological polar surface area (TPSA) is 34.9 Å². The van der Waals surface area contributed by atoms with Gasteiger partial charge in [-0.3, -0.25) is 9.48 Å². The number of ketones is 1. The zero-order valence-electron chi connectivity index (χ0n) is 9.45. The highest BCUT2D eigenvalue weighted by Crippen LogP contribution is 2.23. The Bertz CT molecular complexity index is 588. The molecule has 2 aromatic rings. The highest BCUT2D eigenvalue weighted by molar-refractivity contribution is 6.35. The smallest absolute Gasteiger partial charge is 0.186 e. The van der Waals surface area contributed by atoms with E-state index in [0.717, 1.165) is 0 Å². The summed E-state index contributed by atoms with van der Waals surface area (Å²) in [6.45, 7) is 0. The van der Waals surface area contributed by atoms with Gasteiger partial charge in [-0.2, -0.15) is 5.10 Å². The lowest BCUT2D eigenvalue weighted by Crippen LogP contribution is -2.10. The minimum atomic E-state index is -0.135. The van der Waals surface area contributed by atoms with Gasteiger partial charge in [-0.15, -0.1) is 0 Å². The Morgan fingerprint density at radius 2 is 2.00 bits per heavy atom. The molecule has 18 heavy (non-hydrogen) atoms. The van der Waals surface area contributed by atoms with Gasteiger partial charge >= 0.3 is 0 Å². The number of hydrogen-bond donors (Lipinski definition) is 0. The summed E-state index contributed by atoms with van der Waals surface area (Å²) in [6, 6.07) is 5.03. The molecule has 1 aromatic heterocycles. The molecule has 94 valence electrons. The molecule has 0 radical (unpaired) electrons. The first-order valence-electron chi connectivity index (χ1n) is 5.13. The van der Waals surface area contributed by atoms with E-state index < -0.39 is 0 Å². The molecule has 0 aliphatic heterocycles. The fourth-order valence-corrected chi connectivity index (χ4v) is 2.39. The Hall–Kier alpha value is -1.03. The number of carbonyl (C=O) groups is 1. The van der Waals surface area contributed by atoms with Crippen LogP contribution in [0.25, 0.3) is 0 Å². The van der Waals surface area contributed by atoms with E-state index in [1.807, 2.05) is 0 Å². The van der Waals surface area contributed by atoms with Crippen molar-refractivity contribution in [2.24, 2.45) is 7.05 Å². The predicted octanol–water partition coefficient (Wildman–Crippen LogP) is 3.81. The molecule has 0 aliphatic rings. The van der Waals surface area contributed by atoms with E-state index in [9.17, 15) is 4.79 Å². The molecular formula is C12H9Cl3N2O. The van der Waals surface area contributed by atoms with Gasteiger partial charge in [-0.05, 0) is 17.7 Å². The number of aromatic nitrogens is 2. The second kappa shape index (κ2) is 5.31. The quantitative estimate of drug-likeness (QED) is 0.808. The molecule has 0 amide bonds. The lowest BCUT2D eigenvalue weighted by Gasteiger charge is -2.05. The molecule has 0 unspecified atom stereocenters. The molecule has 0 saturated carbocycles. The monoisotopic (exact) mass is 302 g/mol. The van der Waals surface area contributed by atoms with Gasteiger partial charge in [0.25, 0.3) is 0 Å². The fourth-order valence-electron chi connectivity index (χ4n) is 1.65. The Morgan fingerprint density at radius 1 is 1.28 bits per heavy atom. The van der Waals surface area contributed by atoms with E-state index in [-0.39, 0.29) is 12.2 Å². The molecule has 0 atom stereocenters. The lowest BCUT2D eigenvalue weighted by atomic mass is 10.1. The Morgan fingerprint density at radius 3 is 2.56 bits per heavy atom.